The van der Waals surface area contributed by atoms with Crippen LogP contribution >= 0.6 is 11.6 Å². The minimum absolute atomic E-state index is 0.288. The van der Waals surface area contributed by atoms with E-state index in [4.69, 9.17) is 20.8 Å². The summed E-state index contributed by atoms with van der Waals surface area (Å²) in [5.74, 6) is -0.327. The van der Waals surface area contributed by atoms with E-state index in [0.29, 0.717) is 33.2 Å². The number of carbonyl (C=O) groups excluding carboxylic acids is 2. The number of ether oxygens (including phenoxy) is 1. The summed E-state index contributed by atoms with van der Waals surface area (Å²) in [6.45, 7) is 1.49. The van der Waals surface area contributed by atoms with Crippen LogP contribution in [0.3, 0.4) is 0 Å². The average molecular weight is 422 g/mol. The van der Waals surface area contributed by atoms with Gasteiger partial charge in [-0.3, -0.25) is 4.79 Å². The van der Waals surface area contributed by atoms with E-state index in [1.165, 1.54) is 19.4 Å². The average Bonchev–Trinajstić information content (AvgIpc) is 3.29. The fourth-order valence-electron chi connectivity index (χ4n) is 2.85. The number of hydrogen-bond donors (Lipinski definition) is 1. The SMILES string of the molecule is CC(OC(=O)c1cc(-c2ccco2)nc2ccccc12)C(=O)Nc1ccc(Cl)cn1. The molecule has 150 valence electrons. The van der Waals surface area contributed by atoms with Gasteiger partial charge in [0.1, 0.15) is 11.5 Å². The van der Waals surface area contributed by atoms with Gasteiger partial charge in [-0.1, -0.05) is 29.8 Å². The lowest BCUT2D eigenvalue weighted by Crippen LogP contribution is -2.30. The standard InChI is InChI=1S/C22H16ClN3O4/c1-13(21(27)26-20-9-8-14(23)12-24-20)30-22(28)16-11-18(19-7-4-10-29-19)25-17-6-3-2-5-15(16)17/h2-13H,1H3,(H,24,26,27). The third-order valence-electron chi connectivity index (χ3n) is 4.34. The van der Waals surface area contributed by atoms with Crippen LogP contribution in [0.1, 0.15) is 17.3 Å². The third-order valence-corrected chi connectivity index (χ3v) is 4.56. The van der Waals surface area contributed by atoms with Crippen LogP contribution in [-0.2, 0) is 9.53 Å². The van der Waals surface area contributed by atoms with Gasteiger partial charge in [0.15, 0.2) is 11.9 Å². The zero-order valence-corrected chi connectivity index (χ0v) is 16.6. The first-order valence-corrected chi connectivity index (χ1v) is 9.46. The molecule has 7 nitrogen and oxygen atoms in total. The number of carbonyl (C=O) groups is 2. The van der Waals surface area contributed by atoms with E-state index < -0.39 is 18.0 Å². The van der Waals surface area contributed by atoms with Gasteiger partial charge < -0.3 is 14.5 Å². The molecule has 0 aliphatic carbocycles. The molecule has 0 fully saturated rings. The zero-order valence-electron chi connectivity index (χ0n) is 15.8. The fraction of sp³-hybridized carbons (Fsp3) is 0.0909. The van der Waals surface area contributed by atoms with Gasteiger partial charge in [0.05, 0.1) is 22.4 Å². The summed E-state index contributed by atoms with van der Waals surface area (Å²) < 4.78 is 10.8. The van der Waals surface area contributed by atoms with Crippen molar-refractivity contribution in [2.24, 2.45) is 0 Å². The highest BCUT2D eigenvalue weighted by Gasteiger charge is 2.22. The van der Waals surface area contributed by atoms with Crippen LogP contribution < -0.4 is 5.32 Å². The van der Waals surface area contributed by atoms with Crippen molar-refractivity contribution in [1.82, 2.24) is 9.97 Å². The lowest BCUT2D eigenvalue weighted by molar-refractivity contribution is -0.123. The maximum atomic E-state index is 12.9. The van der Waals surface area contributed by atoms with Crippen LogP contribution in [0, 0.1) is 0 Å². The number of para-hydroxylation sites is 1. The normalized spacial score (nSPS) is 11.8. The molecule has 1 N–H and O–H groups in total. The molecule has 30 heavy (non-hydrogen) atoms. The van der Waals surface area contributed by atoms with Crippen LogP contribution in [-0.4, -0.2) is 27.9 Å². The van der Waals surface area contributed by atoms with Gasteiger partial charge in [0, 0.05) is 11.6 Å². The highest BCUT2D eigenvalue weighted by Crippen LogP contribution is 2.26. The van der Waals surface area contributed by atoms with Crippen molar-refractivity contribution in [3.63, 3.8) is 0 Å². The first-order chi connectivity index (χ1) is 14.5. The topological polar surface area (TPSA) is 94.3 Å². The molecule has 4 aromatic rings. The molecule has 4 rings (SSSR count). The molecule has 0 radical (unpaired) electrons. The molecule has 0 aliphatic rings. The minimum Gasteiger partial charge on any atom is -0.463 e. The Morgan fingerprint density at radius 3 is 2.70 bits per heavy atom. The Hall–Kier alpha value is -3.71. The van der Waals surface area contributed by atoms with Crippen LogP contribution in [0.25, 0.3) is 22.4 Å². The van der Waals surface area contributed by atoms with Crippen molar-refractivity contribution in [2.45, 2.75) is 13.0 Å². The summed E-state index contributed by atoms with van der Waals surface area (Å²) in [6.07, 6.45) is 1.89. The molecule has 0 bridgehead atoms. The smallest absolute Gasteiger partial charge is 0.339 e. The second-order valence-corrected chi connectivity index (χ2v) is 6.88. The van der Waals surface area contributed by atoms with Gasteiger partial charge in [-0.2, -0.15) is 0 Å². The van der Waals surface area contributed by atoms with Gasteiger partial charge in [0.25, 0.3) is 5.91 Å². The summed E-state index contributed by atoms with van der Waals surface area (Å²) in [5.41, 5.74) is 1.39. The van der Waals surface area contributed by atoms with Crippen LogP contribution in [0.4, 0.5) is 5.82 Å². The van der Waals surface area contributed by atoms with Gasteiger partial charge in [-0.05, 0) is 43.3 Å². The molecular formula is C22H16ClN3O4. The van der Waals surface area contributed by atoms with E-state index in [1.807, 2.05) is 6.07 Å². The Bertz CT molecular complexity index is 1210. The van der Waals surface area contributed by atoms with E-state index in [2.05, 4.69) is 15.3 Å². The van der Waals surface area contributed by atoms with E-state index >= 15 is 0 Å². The molecule has 0 saturated carbocycles. The first-order valence-electron chi connectivity index (χ1n) is 9.08. The van der Waals surface area contributed by atoms with Crippen molar-refractivity contribution in [3.05, 3.63) is 77.6 Å². The Morgan fingerprint density at radius 2 is 1.97 bits per heavy atom. The predicted octanol–water partition coefficient (Wildman–Crippen LogP) is 4.73. The summed E-state index contributed by atoms with van der Waals surface area (Å²) in [7, 11) is 0. The number of benzene rings is 1. The molecule has 3 heterocycles. The van der Waals surface area contributed by atoms with Crippen molar-refractivity contribution >= 4 is 40.2 Å². The largest absolute Gasteiger partial charge is 0.463 e. The highest BCUT2D eigenvalue weighted by atomic mass is 35.5. The summed E-state index contributed by atoms with van der Waals surface area (Å²) >= 11 is 5.79. The van der Waals surface area contributed by atoms with E-state index in [9.17, 15) is 9.59 Å². The van der Waals surface area contributed by atoms with Gasteiger partial charge in [0.2, 0.25) is 0 Å². The Balaban J connectivity index is 1.58. The second kappa shape index (κ2) is 8.34. The van der Waals surface area contributed by atoms with Crippen LogP contribution in [0.15, 0.2) is 71.5 Å². The molecule has 8 heteroatoms. The van der Waals surface area contributed by atoms with Crippen molar-refractivity contribution in [2.75, 3.05) is 5.32 Å². The second-order valence-electron chi connectivity index (χ2n) is 6.45. The van der Waals surface area contributed by atoms with E-state index in [1.54, 1.807) is 48.5 Å². The number of rotatable bonds is 5. The quantitative estimate of drug-likeness (QED) is 0.468. The number of hydrogen-bond acceptors (Lipinski definition) is 6. The number of nitrogens with zero attached hydrogens (tertiary/aromatic N) is 2. The lowest BCUT2D eigenvalue weighted by Gasteiger charge is -2.14. The third kappa shape index (κ3) is 4.16. The Kier molecular flexibility index (Phi) is 5.45. The van der Waals surface area contributed by atoms with Crippen molar-refractivity contribution < 1.29 is 18.7 Å². The maximum absolute atomic E-state index is 12.9. The summed E-state index contributed by atoms with van der Waals surface area (Å²) in [6, 6.07) is 15.4. The van der Waals surface area contributed by atoms with Gasteiger partial charge in [-0.25, -0.2) is 14.8 Å². The number of fused-ring (bicyclic) bond motifs is 1. The molecule has 0 aliphatic heterocycles. The number of pyridine rings is 2. The van der Waals surface area contributed by atoms with Crippen molar-refractivity contribution in [1.29, 1.82) is 0 Å². The Morgan fingerprint density at radius 1 is 1.13 bits per heavy atom. The predicted molar refractivity (Wildman–Crippen MR) is 112 cm³/mol. The molecule has 1 unspecified atom stereocenters. The van der Waals surface area contributed by atoms with Gasteiger partial charge >= 0.3 is 5.97 Å². The number of nitrogens with one attached hydrogen (secondary N) is 1. The molecule has 1 amide bonds. The maximum Gasteiger partial charge on any atom is 0.339 e. The summed E-state index contributed by atoms with van der Waals surface area (Å²) in [5, 5.41) is 3.65. The molecular weight excluding hydrogens is 406 g/mol. The number of amides is 1. The van der Waals surface area contributed by atoms with Crippen LogP contribution in [0.5, 0.6) is 0 Å². The van der Waals surface area contributed by atoms with Crippen molar-refractivity contribution in [3.8, 4) is 11.5 Å². The molecule has 1 aromatic carbocycles. The zero-order chi connectivity index (χ0) is 21.1. The number of esters is 1. The number of aromatic nitrogens is 2. The number of anilines is 1. The summed E-state index contributed by atoms with van der Waals surface area (Å²) in [4.78, 5) is 33.8. The fourth-order valence-corrected chi connectivity index (χ4v) is 2.96. The molecule has 0 spiro atoms. The van der Waals surface area contributed by atoms with Crippen LogP contribution in [0.2, 0.25) is 5.02 Å². The number of halogens is 1. The highest BCUT2D eigenvalue weighted by molar-refractivity contribution is 6.30. The molecule has 0 saturated heterocycles. The first kappa shape index (κ1) is 19.6. The molecule has 1 atom stereocenters. The van der Waals surface area contributed by atoms with Gasteiger partial charge in [-0.15, -0.1) is 0 Å². The van der Waals surface area contributed by atoms with E-state index in [-0.39, 0.29) is 5.56 Å². The lowest BCUT2D eigenvalue weighted by atomic mass is 10.1. The minimum atomic E-state index is -1.05. The monoisotopic (exact) mass is 421 g/mol. The molecule has 3 aromatic heterocycles. The number of furan rings is 1. The Labute approximate surface area is 176 Å². The van der Waals surface area contributed by atoms with E-state index in [0.717, 1.165) is 0 Å².